The Morgan fingerprint density at radius 1 is 1.30 bits per heavy atom. The van der Waals surface area contributed by atoms with E-state index in [-0.39, 0.29) is 24.3 Å². The molecule has 0 aromatic heterocycles. The Morgan fingerprint density at radius 3 is 2.70 bits per heavy atom. The highest BCUT2D eigenvalue weighted by molar-refractivity contribution is 5.74. The van der Waals surface area contributed by atoms with Gasteiger partial charge in [-0.15, -0.1) is 0 Å². The summed E-state index contributed by atoms with van der Waals surface area (Å²) in [4.78, 5) is 17.9. The maximum atomic E-state index is 12.2. The SMILES string of the molecule is CN(C)CCO[C@@H]1CC[C@H]2[C@H]1OCCN2C(=O)N(C)C. The third kappa shape index (κ3) is 3.42. The Kier molecular flexibility index (Phi) is 5.23. The number of amides is 2. The number of urea groups is 1. The van der Waals surface area contributed by atoms with Gasteiger partial charge in [-0.3, -0.25) is 0 Å². The van der Waals surface area contributed by atoms with Crippen LogP contribution < -0.4 is 0 Å². The van der Waals surface area contributed by atoms with Gasteiger partial charge in [0.25, 0.3) is 0 Å². The van der Waals surface area contributed by atoms with Crippen molar-refractivity contribution in [2.45, 2.75) is 31.1 Å². The molecule has 2 amide bonds. The van der Waals surface area contributed by atoms with Crippen molar-refractivity contribution in [1.29, 1.82) is 0 Å². The number of carbonyl (C=O) groups is 1. The van der Waals surface area contributed by atoms with Crippen molar-refractivity contribution in [1.82, 2.24) is 14.7 Å². The Hall–Kier alpha value is -0.850. The zero-order valence-corrected chi connectivity index (χ0v) is 13.0. The van der Waals surface area contributed by atoms with Crippen LogP contribution in [0.5, 0.6) is 0 Å². The van der Waals surface area contributed by atoms with Crippen molar-refractivity contribution < 1.29 is 14.3 Å². The summed E-state index contributed by atoms with van der Waals surface area (Å²) in [5.74, 6) is 0. The molecule has 1 saturated carbocycles. The summed E-state index contributed by atoms with van der Waals surface area (Å²) in [6, 6.07) is 0.250. The molecule has 0 unspecified atom stereocenters. The van der Waals surface area contributed by atoms with Crippen molar-refractivity contribution in [2.75, 3.05) is 54.5 Å². The number of hydrogen-bond donors (Lipinski definition) is 0. The second-order valence-corrected chi connectivity index (χ2v) is 6.06. The number of rotatable bonds is 4. The molecular formula is C14H27N3O3. The Morgan fingerprint density at radius 2 is 2.05 bits per heavy atom. The summed E-state index contributed by atoms with van der Waals surface area (Å²) in [5.41, 5.74) is 0. The molecular weight excluding hydrogens is 258 g/mol. The number of carbonyl (C=O) groups excluding carboxylic acids is 1. The Labute approximate surface area is 121 Å². The molecule has 2 fully saturated rings. The first-order valence-electron chi connectivity index (χ1n) is 7.36. The average molecular weight is 285 g/mol. The lowest BCUT2D eigenvalue weighted by Crippen LogP contribution is -2.56. The van der Waals surface area contributed by atoms with E-state index in [4.69, 9.17) is 9.47 Å². The van der Waals surface area contributed by atoms with Crippen molar-refractivity contribution in [2.24, 2.45) is 0 Å². The van der Waals surface area contributed by atoms with Crippen LogP contribution >= 0.6 is 0 Å². The monoisotopic (exact) mass is 285 g/mol. The van der Waals surface area contributed by atoms with Gasteiger partial charge in [0, 0.05) is 27.2 Å². The first-order valence-corrected chi connectivity index (χ1v) is 7.36. The largest absolute Gasteiger partial charge is 0.374 e. The number of fused-ring (bicyclic) bond motifs is 1. The van der Waals surface area contributed by atoms with Crippen LogP contribution in [0.2, 0.25) is 0 Å². The second kappa shape index (κ2) is 6.74. The molecule has 1 aliphatic heterocycles. The van der Waals surface area contributed by atoms with Crippen LogP contribution in [0.3, 0.4) is 0 Å². The average Bonchev–Trinajstić information content (AvgIpc) is 2.81. The van der Waals surface area contributed by atoms with Gasteiger partial charge in [-0.05, 0) is 26.9 Å². The smallest absolute Gasteiger partial charge is 0.319 e. The minimum Gasteiger partial charge on any atom is -0.374 e. The zero-order chi connectivity index (χ0) is 14.7. The van der Waals surface area contributed by atoms with Crippen LogP contribution in [0, 0.1) is 0 Å². The van der Waals surface area contributed by atoms with Gasteiger partial charge < -0.3 is 24.2 Å². The van der Waals surface area contributed by atoms with Crippen molar-refractivity contribution in [3.8, 4) is 0 Å². The van der Waals surface area contributed by atoms with Crippen LogP contribution in [-0.4, -0.2) is 93.5 Å². The van der Waals surface area contributed by atoms with E-state index in [0.29, 0.717) is 19.8 Å². The first kappa shape index (κ1) is 15.5. The zero-order valence-electron chi connectivity index (χ0n) is 13.0. The van der Waals surface area contributed by atoms with Crippen molar-refractivity contribution >= 4 is 6.03 Å². The lowest BCUT2D eigenvalue weighted by molar-refractivity contribution is -0.105. The van der Waals surface area contributed by atoms with E-state index in [2.05, 4.69) is 4.90 Å². The van der Waals surface area contributed by atoms with E-state index < -0.39 is 0 Å². The highest BCUT2D eigenvalue weighted by atomic mass is 16.5. The topological polar surface area (TPSA) is 45.3 Å². The van der Waals surface area contributed by atoms with Gasteiger partial charge in [-0.1, -0.05) is 0 Å². The quantitative estimate of drug-likeness (QED) is 0.753. The maximum absolute atomic E-state index is 12.2. The number of hydrogen-bond acceptors (Lipinski definition) is 4. The fourth-order valence-corrected chi connectivity index (χ4v) is 2.98. The molecule has 0 bridgehead atoms. The number of likely N-dealkylation sites (N-methyl/N-ethyl adjacent to an activating group) is 1. The summed E-state index contributed by atoms with van der Waals surface area (Å²) >= 11 is 0. The molecule has 0 N–H and O–H groups in total. The molecule has 0 spiro atoms. The summed E-state index contributed by atoms with van der Waals surface area (Å²) < 4.78 is 11.8. The lowest BCUT2D eigenvalue weighted by Gasteiger charge is -2.40. The normalized spacial score (nSPS) is 29.6. The van der Waals surface area contributed by atoms with Crippen LogP contribution in [0.1, 0.15) is 12.8 Å². The third-order valence-corrected chi connectivity index (χ3v) is 4.03. The molecule has 1 saturated heterocycles. The summed E-state index contributed by atoms with van der Waals surface area (Å²) in [6.07, 6.45) is 2.10. The minimum absolute atomic E-state index is 0.0369. The standard InChI is InChI=1S/C14H27N3O3/c1-15(2)7-9-19-12-6-5-11-13(12)20-10-8-17(11)14(18)16(3)4/h11-13H,5-10H2,1-4H3/t11-,12+,13+/m0/s1. The molecule has 6 heteroatoms. The van der Waals surface area contributed by atoms with E-state index >= 15 is 0 Å². The van der Waals surface area contributed by atoms with E-state index in [1.165, 1.54) is 0 Å². The van der Waals surface area contributed by atoms with Gasteiger partial charge in [0.15, 0.2) is 0 Å². The van der Waals surface area contributed by atoms with Crippen LogP contribution in [0.25, 0.3) is 0 Å². The molecule has 1 heterocycles. The highest BCUT2D eigenvalue weighted by Gasteiger charge is 2.45. The predicted molar refractivity (Wildman–Crippen MR) is 76.8 cm³/mol. The first-order chi connectivity index (χ1) is 9.50. The second-order valence-electron chi connectivity index (χ2n) is 6.06. The molecule has 116 valence electrons. The molecule has 0 aromatic rings. The van der Waals surface area contributed by atoms with E-state index in [1.54, 1.807) is 19.0 Å². The van der Waals surface area contributed by atoms with Gasteiger partial charge in [-0.25, -0.2) is 4.79 Å². The third-order valence-electron chi connectivity index (χ3n) is 4.03. The van der Waals surface area contributed by atoms with Crippen molar-refractivity contribution in [3.63, 3.8) is 0 Å². The van der Waals surface area contributed by atoms with E-state index in [9.17, 15) is 4.79 Å². The summed E-state index contributed by atoms with van der Waals surface area (Å²) in [7, 11) is 7.67. The van der Waals surface area contributed by atoms with Gasteiger partial charge in [0.1, 0.15) is 6.10 Å². The fourth-order valence-electron chi connectivity index (χ4n) is 2.98. The molecule has 0 radical (unpaired) electrons. The molecule has 3 atom stereocenters. The molecule has 2 aliphatic rings. The number of morpholine rings is 1. The fraction of sp³-hybridized carbons (Fsp3) is 0.929. The van der Waals surface area contributed by atoms with Crippen LogP contribution in [0.15, 0.2) is 0 Å². The van der Waals surface area contributed by atoms with E-state index in [0.717, 1.165) is 19.4 Å². The van der Waals surface area contributed by atoms with Gasteiger partial charge in [0.2, 0.25) is 0 Å². The van der Waals surface area contributed by atoms with Gasteiger partial charge in [0.05, 0.1) is 25.4 Å². The number of ether oxygens (including phenoxy) is 2. The van der Waals surface area contributed by atoms with E-state index in [1.807, 2.05) is 19.0 Å². The Bertz CT molecular complexity index is 336. The Balaban J connectivity index is 1.91. The molecule has 0 aromatic carbocycles. The number of nitrogens with zero attached hydrogens (tertiary/aromatic N) is 3. The minimum atomic E-state index is 0.0369. The maximum Gasteiger partial charge on any atom is 0.319 e. The molecule has 2 rings (SSSR count). The summed E-state index contributed by atoms with van der Waals surface area (Å²) in [6.45, 7) is 2.91. The highest BCUT2D eigenvalue weighted by Crippen LogP contribution is 2.32. The summed E-state index contributed by atoms with van der Waals surface area (Å²) in [5, 5.41) is 0. The van der Waals surface area contributed by atoms with Crippen LogP contribution in [0.4, 0.5) is 4.79 Å². The molecule has 1 aliphatic carbocycles. The van der Waals surface area contributed by atoms with Crippen LogP contribution in [-0.2, 0) is 9.47 Å². The van der Waals surface area contributed by atoms with Gasteiger partial charge in [-0.2, -0.15) is 0 Å². The predicted octanol–water partition coefficient (Wildman–Crippen LogP) is 0.478. The lowest BCUT2D eigenvalue weighted by atomic mass is 10.1. The van der Waals surface area contributed by atoms with Crippen molar-refractivity contribution in [3.05, 3.63) is 0 Å². The molecule has 20 heavy (non-hydrogen) atoms. The van der Waals surface area contributed by atoms with Gasteiger partial charge >= 0.3 is 6.03 Å². The molecule has 6 nitrogen and oxygen atoms in total.